The van der Waals surface area contributed by atoms with Crippen molar-refractivity contribution in [3.63, 3.8) is 0 Å². The van der Waals surface area contributed by atoms with E-state index in [4.69, 9.17) is 16.0 Å². The maximum Gasteiger partial charge on any atom is 0.134 e. The first kappa shape index (κ1) is 11.5. The quantitative estimate of drug-likeness (QED) is 0.868. The van der Waals surface area contributed by atoms with E-state index < -0.39 is 0 Å². The molecule has 3 heteroatoms. The first-order valence-electron chi connectivity index (χ1n) is 5.51. The van der Waals surface area contributed by atoms with Gasteiger partial charge in [-0.1, -0.05) is 25.4 Å². The van der Waals surface area contributed by atoms with Crippen molar-refractivity contribution in [1.29, 1.82) is 0 Å². The normalized spacial score (nSPS) is 13.6. The van der Waals surface area contributed by atoms with Gasteiger partial charge in [0.15, 0.2) is 0 Å². The zero-order valence-electron chi connectivity index (χ0n) is 9.75. The van der Waals surface area contributed by atoms with E-state index in [9.17, 15) is 0 Å². The van der Waals surface area contributed by atoms with Gasteiger partial charge in [0.05, 0.1) is 6.04 Å². The van der Waals surface area contributed by atoms with Gasteiger partial charge in [-0.15, -0.1) is 0 Å². The molecule has 1 N–H and O–H groups in total. The molecule has 0 saturated heterocycles. The number of nitrogens with one attached hydrogen (secondary N) is 1. The second-order valence-corrected chi connectivity index (χ2v) is 4.81. The third kappa shape index (κ3) is 2.39. The average molecular weight is 238 g/mol. The molecule has 2 nitrogen and oxygen atoms in total. The van der Waals surface area contributed by atoms with Crippen LogP contribution in [0.5, 0.6) is 0 Å². The predicted octanol–water partition coefficient (Wildman–Crippen LogP) is 4.15. The van der Waals surface area contributed by atoms with E-state index in [0.717, 1.165) is 21.8 Å². The molecule has 0 bridgehead atoms. The molecule has 86 valence electrons. The fourth-order valence-corrected chi connectivity index (χ4v) is 2.01. The van der Waals surface area contributed by atoms with E-state index in [-0.39, 0.29) is 6.04 Å². The average Bonchev–Trinajstić information content (AvgIpc) is 2.59. The van der Waals surface area contributed by atoms with Crippen LogP contribution in [-0.4, -0.2) is 6.04 Å². The minimum Gasteiger partial charge on any atom is -0.459 e. The Hall–Kier alpha value is -0.990. The van der Waals surface area contributed by atoms with Gasteiger partial charge in [-0.25, -0.2) is 0 Å². The van der Waals surface area contributed by atoms with Gasteiger partial charge < -0.3 is 9.73 Å². The van der Waals surface area contributed by atoms with Crippen LogP contribution in [0.4, 0.5) is 0 Å². The van der Waals surface area contributed by atoms with Crippen molar-refractivity contribution in [2.75, 3.05) is 0 Å². The van der Waals surface area contributed by atoms with Crippen molar-refractivity contribution in [2.24, 2.45) is 0 Å². The van der Waals surface area contributed by atoms with Crippen LogP contribution in [0.15, 0.2) is 28.7 Å². The number of benzene rings is 1. The van der Waals surface area contributed by atoms with Crippen molar-refractivity contribution >= 4 is 22.6 Å². The van der Waals surface area contributed by atoms with Crippen LogP contribution in [0.2, 0.25) is 5.02 Å². The van der Waals surface area contributed by atoms with E-state index >= 15 is 0 Å². The largest absolute Gasteiger partial charge is 0.459 e. The third-order valence-corrected chi connectivity index (χ3v) is 2.74. The first-order chi connectivity index (χ1) is 7.56. The second-order valence-electron chi connectivity index (χ2n) is 4.37. The van der Waals surface area contributed by atoms with E-state index in [1.165, 1.54) is 0 Å². The molecule has 16 heavy (non-hydrogen) atoms. The molecule has 0 aliphatic carbocycles. The molecular weight excluding hydrogens is 222 g/mol. The van der Waals surface area contributed by atoms with Crippen LogP contribution < -0.4 is 5.32 Å². The Morgan fingerprint density at radius 1 is 1.19 bits per heavy atom. The Balaban J connectivity index is 2.32. The number of halogens is 1. The molecule has 0 fully saturated rings. The maximum absolute atomic E-state index is 5.93. The summed E-state index contributed by atoms with van der Waals surface area (Å²) >= 11 is 5.93. The lowest BCUT2D eigenvalue weighted by molar-refractivity contribution is 0.423. The Labute approximate surface area is 101 Å². The van der Waals surface area contributed by atoms with Gasteiger partial charge in [0, 0.05) is 16.5 Å². The second kappa shape index (κ2) is 4.48. The van der Waals surface area contributed by atoms with Gasteiger partial charge >= 0.3 is 0 Å². The van der Waals surface area contributed by atoms with Gasteiger partial charge in [-0.2, -0.15) is 0 Å². The highest BCUT2D eigenvalue weighted by atomic mass is 35.5. The summed E-state index contributed by atoms with van der Waals surface area (Å²) in [6, 6.07) is 8.37. The summed E-state index contributed by atoms with van der Waals surface area (Å²) in [5, 5.41) is 5.20. The lowest BCUT2D eigenvalue weighted by Crippen LogP contribution is -2.25. The van der Waals surface area contributed by atoms with Crippen LogP contribution in [0, 0.1) is 0 Å². The smallest absolute Gasteiger partial charge is 0.134 e. The summed E-state index contributed by atoms with van der Waals surface area (Å²) in [5.74, 6) is 0.950. The summed E-state index contributed by atoms with van der Waals surface area (Å²) < 4.78 is 5.76. The Kier molecular flexibility index (Phi) is 3.22. The molecule has 0 saturated carbocycles. The van der Waals surface area contributed by atoms with E-state index in [1.807, 2.05) is 24.3 Å². The molecule has 1 unspecified atom stereocenters. The number of rotatable bonds is 3. The highest BCUT2D eigenvalue weighted by Crippen LogP contribution is 2.26. The van der Waals surface area contributed by atoms with Crippen LogP contribution in [-0.2, 0) is 0 Å². The molecule has 0 amide bonds. The number of hydrogen-bond donors (Lipinski definition) is 1. The molecule has 1 atom stereocenters. The lowest BCUT2D eigenvalue weighted by Gasteiger charge is -2.13. The monoisotopic (exact) mass is 237 g/mol. The van der Waals surface area contributed by atoms with Gasteiger partial charge in [0.2, 0.25) is 0 Å². The molecule has 0 radical (unpaired) electrons. The molecule has 0 aliphatic heterocycles. The molecule has 2 aromatic rings. The van der Waals surface area contributed by atoms with Crippen LogP contribution in [0.3, 0.4) is 0 Å². The molecule has 0 spiro atoms. The summed E-state index contributed by atoms with van der Waals surface area (Å²) in [5.41, 5.74) is 0.886. The van der Waals surface area contributed by atoms with Crippen LogP contribution >= 0.6 is 11.6 Å². The lowest BCUT2D eigenvalue weighted by atomic mass is 10.2. The fraction of sp³-hybridized carbons (Fsp3) is 0.385. The maximum atomic E-state index is 5.93. The van der Waals surface area contributed by atoms with E-state index in [0.29, 0.717) is 6.04 Å². The van der Waals surface area contributed by atoms with Crippen molar-refractivity contribution in [2.45, 2.75) is 32.9 Å². The Morgan fingerprint density at radius 3 is 2.62 bits per heavy atom. The number of fused-ring (bicyclic) bond motifs is 1. The molecule has 0 aliphatic rings. The predicted molar refractivity (Wildman–Crippen MR) is 67.9 cm³/mol. The van der Waals surface area contributed by atoms with Crippen molar-refractivity contribution in [1.82, 2.24) is 5.32 Å². The van der Waals surface area contributed by atoms with Crippen molar-refractivity contribution < 1.29 is 4.42 Å². The number of furan rings is 1. The minimum absolute atomic E-state index is 0.214. The Bertz CT molecular complexity index is 490. The first-order valence-corrected chi connectivity index (χ1v) is 5.89. The summed E-state index contributed by atoms with van der Waals surface area (Å²) in [6.45, 7) is 6.34. The van der Waals surface area contributed by atoms with Gasteiger partial charge in [-0.05, 0) is 31.2 Å². The van der Waals surface area contributed by atoms with Gasteiger partial charge in [0.25, 0.3) is 0 Å². The van der Waals surface area contributed by atoms with Crippen LogP contribution in [0.1, 0.15) is 32.6 Å². The summed E-state index contributed by atoms with van der Waals surface area (Å²) in [4.78, 5) is 0. The van der Waals surface area contributed by atoms with Crippen molar-refractivity contribution in [3.8, 4) is 0 Å². The standard InChI is InChI=1S/C13H16ClNO/c1-8(2)15-9(3)13-7-10-6-11(14)4-5-12(10)16-13/h4-9,15H,1-3H3. The van der Waals surface area contributed by atoms with Crippen molar-refractivity contribution in [3.05, 3.63) is 35.0 Å². The SMILES string of the molecule is CC(C)NC(C)c1cc2cc(Cl)ccc2o1. The topological polar surface area (TPSA) is 25.2 Å². The zero-order chi connectivity index (χ0) is 11.7. The molecule has 1 aromatic carbocycles. The molecule has 2 rings (SSSR count). The fourth-order valence-electron chi connectivity index (χ4n) is 1.83. The highest BCUT2D eigenvalue weighted by molar-refractivity contribution is 6.31. The van der Waals surface area contributed by atoms with Gasteiger partial charge in [0.1, 0.15) is 11.3 Å². The molecule has 1 aromatic heterocycles. The molecular formula is C13H16ClNO. The Morgan fingerprint density at radius 2 is 1.94 bits per heavy atom. The number of hydrogen-bond acceptors (Lipinski definition) is 2. The summed E-state index contributed by atoms with van der Waals surface area (Å²) in [6.07, 6.45) is 0. The van der Waals surface area contributed by atoms with Gasteiger partial charge in [-0.3, -0.25) is 0 Å². The van der Waals surface area contributed by atoms with Crippen LogP contribution in [0.25, 0.3) is 11.0 Å². The summed E-state index contributed by atoms with van der Waals surface area (Å²) in [7, 11) is 0. The van der Waals surface area contributed by atoms with E-state index in [2.05, 4.69) is 26.1 Å². The zero-order valence-corrected chi connectivity index (χ0v) is 10.5. The minimum atomic E-state index is 0.214. The van der Waals surface area contributed by atoms with E-state index in [1.54, 1.807) is 0 Å². The third-order valence-electron chi connectivity index (χ3n) is 2.51. The highest BCUT2D eigenvalue weighted by Gasteiger charge is 2.12. The molecule has 1 heterocycles.